The van der Waals surface area contributed by atoms with E-state index in [0.717, 1.165) is 44.9 Å². The number of allylic oxidation sites excluding steroid dienone is 1. The second-order valence-electron chi connectivity index (χ2n) is 7.22. The van der Waals surface area contributed by atoms with Crippen LogP contribution in [0.15, 0.2) is 12.2 Å². The van der Waals surface area contributed by atoms with E-state index >= 15 is 0 Å². The zero-order valence-corrected chi connectivity index (χ0v) is 15.4. The molecule has 0 spiro atoms. The van der Waals surface area contributed by atoms with Gasteiger partial charge < -0.3 is 15.3 Å². The van der Waals surface area contributed by atoms with Gasteiger partial charge >= 0.3 is 5.97 Å². The Kier molecular flexibility index (Phi) is 10.7. The van der Waals surface area contributed by atoms with Crippen LogP contribution in [-0.4, -0.2) is 39.3 Å². The van der Waals surface area contributed by atoms with Crippen LogP contribution in [0.25, 0.3) is 0 Å². The van der Waals surface area contributed by atoms with Gasteiger partial charge in [0, 0.05) is 18.8 Å². The van der Waals surface area contributed by atoms with Crippen molar-refractivity contribution in [2.75, 3.05) is 0 Å². The molecule has 0 amide bonds. The molecule has 5 heteroatoms. The third-order valence-electron chi connectivity index (χ3n) is 5.06. The summed E-state index contributed by atoms with van der Waals surface area (Å²) in [6, 6.07) is 0. The van der Waals surface area contributed by atoms with E-state index < -0.39 is 18.2 Å². The van der Waals surface area contributed by atoms with Crippen molar-refractivity contribution in [1.29, 1.82) is 0 Å². The number of hydrogen-bond donors (Lipinski definition) is 3. The Bertz CT molecular complexity index is 432. The summed E-state index contributed by atoms with van der Waals surface area (Å²) in [5.41, 5.74) is 0. The largest absolute Gasteiger partial charge is 0.481 e. The first kappa shape index (κ1) is 21.8. The lowest BCUT2D eigenvalue weighted by Crippen LogP contribution is -2.19. The normalized spacial score (nSPS) is 24.9. The van der Waals surface area contributed by atoms with Gasteiger partial charge in [0.05, 0.1) is 12.2 Å². The fourth-order valence-corrected chi connectivity index (χ4v) is 3.55. The molecule has 25 heavy (non-hydrogen) atoms. The highest BCUT2D eigenvalue weighted by Gasteiger charge is 2.39. The van der Waals surface area contributed by atoms with E-state index in [-0.39, 0.29) is 30.5 Å². The number of Topliss-reactive ketones (excluding diaryl/α,β-unsaturated/α-hetero) is 1. The lowest BCUT2D eigenvalue weighted by Gasteiger charge is -2.18. The van der Waals surface area contributed by atoms with Crippen molar-refractivity contribution in [2.24, 2.45) is 11.8 Å². The Balaban J connectivity index is 2.39. The van der Waals surface area contributed by atoms with Gasteiger partial charge in [-0.15, -0.1) is 0 Å². The fourth-order valence-electron chi connectivity index (χ4n) is 3.55. The number of unbranched alkanes of at least 4 members (excludes halogenated alkanes) is 5. The second kappa shape index (κ2) is 12.2. The third-order valence-corrected chi connectivity index (χ3v) is 5.06. The molecule has 5 nitrogen and oxygen atoms in total. The quantitative estimate of drug-likeness (QED) is 0.348. The molecule has 4 unspecified atom stereocenters. The zero-order chi connectivity index (χ0) is 18.7. The highest BCUT2D eigenvalue weighted by molar-refractivity contribution is 5.85. The molecule has 1 saturated carbocycles. The van der Waals surface area contributed by atoms with E-state index in [4.69, 9.17) is 5.11 Å². The van der Waals surface area contributed by atoms with Gasteiger partial charge in [-0.2, -0.15) is 0 Å². The molecule has 0 radical (unpaired) electrons. The number of rotatable bonds is 13. The molecule has 1 fully saturated rings. The minimum absolute atomic E-state index is 0.0559. The van der Waals surface area contributed by atoms with Crippen molar-refractivity contribution in [2.45, 2.75) is 89.8 Å². The molecule has 144 valence electrons. The van der Waals surface area contributed by atoms with Crippen molar-refractivity contribution in [3.63, 3.8) is 0 Å². The smallest absolute Gasteiger partial charge is 0.303 e. The van der Waals surface area contributed by atoms with Crippen LogP contribution >= 0.6 is 0 Å². The van der Waals surface area contributed by atoms with Crippen molar-refractivity contribution in [3.8, 4) is 0 Å². The molecule has 0 aromatic carbocycles. The molecular formula is C20H34O5. The second-order valence-corrected chi connectivity index (χ2v) is 7.22. The predicted molar refractivity (Wildman–Crippen MR) is 97.2 cm³/mol. The van der Waals surface area contributed by atoms with Crippen LogP contribution in [-0.2, 0) is 9.59 Å². The number of aliphatic hydroxyl groups excluding tert-OH is 2. The average Bonchev–Trinajstić information content (AvgIpc) is 2.82. The summed E-state index contributed by atoms with van der Waals surface area (Å²) in [6.07, 6.45) is 10.8. The number of aliphatic hydroxyl groups is 2. The van der Waals surface area contributed by atoms with Crippen LogP contribution < -0.4 is 0 Å². The van der Waals surface area contributed by atoms with Crippen molar-refractivity contribution in [3.05, 3.63) is 12.2 Å². The topological polar surface area (TPSA) is 94.8 Å². The van der Waals surface area contributed by atoms with E-state index in [2.05, 4.69) is 6.92 Å². The van der Waals surface area contributed by atoms with Gasteiger partial charge in [-0.05, 0) is 25.2 Å². The van der Waals surface area contributed by atoms with Gasteiger partial charge in [-0.1, -0.05) is 57.6 Å². The number of carbonyl (C=O) groups excluding carboxylic acids is 1. The molecule has 0 heterocycles. The minimum atomic E-state index is -0.764. The Morgan fingerprint density at radius 1 is 1.20 bits per heavy atom. The summed E-state index contributed by atoms with van der Waals surface area (Å²) >= 11 is 0. The van der Waals surface area contributed by atoms with Crippen molar-refractivity contribution >= 4 is 11.8 Å². The molecule has 0 aromatic rings. The molecule has 4 atom stereocenters. The number of aliphatic carboxylic acids is 1. The van der Waals surface area contributed by atoms with Crippen molar-refractivity contribution in [1.82, 2.24) is 0 Å². The van der Waals surface area contributed by atoms with Gasteiger partial charge in [0.15, 0.2) is 0 Å². The lowest BCUT2D eigenvalue weighted by molar-refractivity contribution is -0.137. The summed E-state index contributed by atoms with van der Waals surface area (Å²) < 4.78 is 0. The molecular weight excluding hydrogens is 320 g/mol. The number of carboxylic acids is 1. The summed E-state index contributed by atoms with van der Waals surface area (Å²) in [5, 5.41) is 28.7. The van der Waals surface area contributed by atoms with E-state index in [0.29, 0.717) is 12.8 Å². The standard InChI is InChI=1S/C20H34O5/c1-2-3-6-9-15(21)12-13-17-16(18(22)14-19(17)23)10-7-4-5-8-11-20(24)25/h12-13,15-18,21-22H,2-11,14H2,1H3,(H,24,25). The number of carbonyl (C=O) groups is 2. The maximum absolute atomic E-state index is 12.1. The first-order chi connectivity index (χ1) is 12.0. The van der Waals surface area contributed by atoms with Gasteiger partial charge in [0.2, 0.25) is 0 Å². The Labute approximate surface area is 151 Å². The van der Waals surface area contributed by atoms with Crippen LogP contribution in [0.4, 0.5) is 0 Å². The molecule has 1 rings (SSSR count). The number of ketones is 1. The monoisotopic (exact) mass is 354 g/mol. The van der Waals surface area contributed by atoms with Gasteiger partial charge in [-0.3, -0.25) is 9.59 Å². The average molecular weight is 354 g/mol. The maximum Gasteiger partial charge on any atom is 0.303 e. The van der Waals surface area contributed by atoms with Gasteiger partial charge in [0.1, 0.15) is 5.78 Å². The maximum atomic E-state index is 12.1. The van der Waals surface area contributed by atoms with Gasteiger partial charge in [-0.25, -0.2) is 0 Å². The lowest BCUT2D eigenvalue weighted by atomic mass is 9.88. The van der Waals surface area contributed by atoms with E-state index in [1.807, 2.05) is 0 Å². The van der Waals surface area contributed by atoms with Crippen molar-refractivity contribution < 1.29 is 24.9 Å². The van der Waals surface area contributed by atoms with Crippen LogP contribution in [0.3, 0.4) is 0 Å². The Hall–Kier alpha value is -1.20. The van der Waals surface area contributed by atoms with E-state index in [9.17, 15) is 19.8 Å². The molecule has 0 aliphatic heterocycles. The molecule has 0 saturated heterocycles. The molecule has 1 aliphatic carbocycles. The number of hydrogen-bond acceptors (Lipinski definition) is 4. The summed E-state index contributed by atoms with van der Waals surface area (Å²) in [4.78, 5) is 22.6. The summed E-state index contributed by atoms with van der Waals surface area (Å²) in [7, 11) is 0. The van der Waals surface area contributed by atoms with E-state index in [1.54, 1.807) is 12.2 Å². The Morgan fingerprint density at radius 3 is 2.60 bits per heavy atom. The van der Waals surface area contributed by atoms with Crippen LogP contribution in [0.5, 0.6) is 0 Å². The highest BCUT2D eigenvalue weighted by Crippen LogP contribution is 2.34. The highest BCUT2D eigenvalue weighted by atomic mass is 16.4. The number of carboxylic acid groups (broad SMARTS) is 1. The van der Waals surface area contributed by atoms with Crippen LogP contribution in [0.1, 0.15) is 77.6 Å². The van der Waals surface area contributed by atoms with E-state index in [1.165, 1.54) is 0 Å². The van der Waals surface area contributed by atoms with Crippen LogP contribution in [0, 0.1) is 11.8 Å². The SMILES string of the molecule is CCCCCC(O)C=CC1C(=O)CC(O)C1CCCCCCC(=O)O. The molecule has 0 aromatic heterocycles. The first-order valence-corrected chi connectivity index (χ1v) is 9.74. The first-order valence-electron chi connectivity index (χ1n) is 9.74. The molecule has 0 bridgehead atoms. The molecule has 3 N–H and O–H groups in total. The predicted octanol–water partition coefficient (Wildman–Crippen LogP) is 3.48. The third kappa shape index (κ3) is 8.63. The molecule has 1 aliphatic rings. The van der Waals surface area contributed by atoms with Gasteiger partial charge in [0.25, 0.3) is 0 Å². The summed E-state index contributed by atoms with van der Waals surface area (Å²) in [6.45, 7) is 2.12. The fraction of sp³-hybridized carbons (Fsp3) is 0.800. The zero-order valence-electron chi connectivity index (χ0n) is 15.4. The van der Waals surface area contributed by atoms with Crippen LogP contribution in [0.2, 0.25) is 0 Å². The summed E-state index contributed by atoms with van der Waals surface area (Å²) in [5.74, 6) is -1.08. The Morgan fingerprint density at radius 2 is 1.92 bits per heavy atom. The minimum Gasteiger partial charge on any atom is -0.481 e.